The van der Waals surface area contributed by atoms with Crippen LogP contribution in [0, 0.1) is 10.1 Å². The summed E-state index contributed by atoms with van der Waals surface area (Å²) in [6, 6.07) is 8.19. The summed E-state index contributed by atoms with van der Waals surface area (Å²) in [6.07, 6.45) is 4.32. The van der Waals surface area contributed by atoms with Gasteiger partial charge in [-0.05, 0) is 30.4 Å². The van der Waals surface area contributed by atoms with Gasteiger partial charge in [0.2, 0.25) is 0 Å². The summed E-state index contributed by atoms with van der Waals surface area (Å²) < 4.78 is 16.4. The lowest BCUT2D eigenvalue weighted by Crippen LogP contribution is -2.34. The predicted octanol–water partition coefficient (Wildman–Crippen LogP) is 4.27. The van der Waals surface area contributed by atoms with E-state index in [4.69, 9.17) is 14.2 Å². The van der Waals surface area contributed by atoms with Crippen molar-refractivity contribution in [2.75, 3.05) is 40.7 Å². The zero-order valence-corrected chi connectivity index (χ0v) is 18.7. The van der Waals surface area contributed by atoms with Crippen molar-refractivity contribution in [2.24, 2.45) is 0 Å². The molecule has 0 aliphatic carbocycles. The van der Waals surface area contributed by atoms with Crippen LogP contribution in [0.2, 0.25) is 0 Å². The number of thioether (sulfide) groups is 1. The second-order valence-corrected chi connectivity index (χ2v) is 7.63. The molecule has 0 radical (unpaired) electrons. The number of nitro benzene ring substituents is 1. The molecule has 2 aromatic carbocycles. The van der Waals surface area contributed by atoms with E-state index in [9.17, 15) is 14.9 Å². The Kier molecular flexibility index (Phi) is 7.06. The van der Waals surface area contributed by atoms with Crippen molar-refractivity contribution in [1.29, 1.82) is 0 Å². The Hall–Kier alpha value is -3.20. The van der Waals surface area contributed by atoms with Crippen LogP contribution in [0.5, 0.6) is 17.2 Å². The molecule has 0 saturated heterocycles. The number of carbonyl (C=O) groups excluding carboxylic acids is 1. The van der Waals surface area contributed by atoms with Crippen LogP contribution in [0.15, 0.2) is 41.3 Å². The maximum Gasteiger partial charge on any atom is 0.283 e. The van der Waals surface area contributed by atoms with Crippen LogP contribution in [0.1, 0.15) is 22.3 Å². The summed E-state index contributed by atoms with van der Waals surface area (Å²) in [6.45, 7) is 0.853. The quantitative estimate of drug-likeness (QED) is 0.358. The predicted molar refractivity (Wildman–Crippen MR) is 119 cm³/mol. The maximum atomic E-state index is 12.9. The van der Waals surface area contributed by atoms with Gasteiger partial charge in [0.25, 0.3) is 11.6 Å². The van der Waals surface area contributed by atoms with Gasteiger partial charge >= 0.3 is 0 Å². The Morgan fingerprint density at radius 1 is 1.10 bits per heavy atom. The Labute approximate surface area is 184 Å². The van der Waals surface area contributed by atoms with Crippen molar-refractivity contribution in [2.45, 2.75) is 11.3 Å². The molecule has 164 valence electrons. The average molecular weight is 445 g/mol. The van der Waals surface area contributed by atoms with Gasteiger partial charge in [0, 0.05) is 36.9 Å². The van der Waals surface area contributed by atoms with Crippen LogP contribution in [0.4, 0.5) is 5.69 Å². The fraction of sp³-hybridized carbons (Fsp3) is 0.318. The topological polar surface area (TPSA) is 91.1 Å². The van der Waals surface area contributed by atoms with Crippen LogP contribution in [0.3, 0.4) is 0 Å². The van der Waals surface area contributed by atoms with E-state index in [1.165, 1.54) is 17.8 Å². The Balaban J connectivity index is 1.86. The minimum Gasteiger partial charge on any atom is -0.496 e. The zero-order chi connectivity index (χ0) is 22.5. The zero-order valence-electron chi connectivity index (χ0n) is 17.8. The highest BCUT2D eigenvalue weighted by molar-refractivity contribution is 7.98. The minimum absolute atomic E-state index is 0.0562. The molecule has 0 saturated carbocycles. The highest BCUT2D eigenvalue weighted by Gasteiger charge is 2.25. The summed E-state index contributed by atoms with van der Waals surface area (Å²) in [5.41, 5.74) is 2.09. The summed E-state index contributed by atoms with van der Waals surface area (Å²) >= 11 is 1.28. The first-order valence-corrected chi connectivity index (χ1v) is 10.8. The average Bonchev–Trinajstić information content (AvgIpc) is 2.82. The molecule has 0 atom stereocenters. The lowest BCUT2D eigenvalue weighted by atomic mass is 9.96. The standard InChI is InChI=1S/C22H24N2O6S/c1-28-16-12-18(29-2)21(19(13-16)30-3)14-7-9-23(10-8-14)22(25)15-5-6-20(31-4)17(11-15)24(26)27/h5-7,11-13H,8-10H2,1-4H3. The van der Waals surface area contributed by atoms with Gasteiger partial charge in [-0.25, -0.2) is 0 Å². The molecule has 0 spiro atoms. The van der Waals surface area contributed by atoms with E-state index < -0.39 is 4.92 Å². The molecule has 0 aromatic heterocycles. The molecule has 0 N–H and O–H groups in total. The highest BCUT2D eigenvalue weighted by atomic mass is 32.2. The number of hydrogen-bond acceptors (Lipinski definition) is 7. The second kappa shape index (κ2) is 9.74. The Morgan fingerprint density at radius 2 is 1.77 bits per heavy atom. The Morgan fingerprint density at radius 3 is 2.26 bits per heavy atom. The molecule has 1 aliphatic rings. The molecule has 3 rings (SSSR count). The molecule has 0 fully saturated rings. The van der Waals surface area contributed by atoms with Crippen molar-refractivity contribution in [3.8, 4) is 17.2 Å². The van der Waals surface area contributed by atoms with E-state index in [0.29, 0.717) is 47.2 Å². The van der Waals surface area contributed by atoms with Gasteiger partial charge in [-0.2, -0.15) is 0 Å². The molecule has 1 heterocycles. The summed E-state index contributed by atoms with van der Waals surface area (Å²) in [5.74, 6) is 1.65. The number of carbonyl (C=O) groups is 1. The van der Waals surface area contributed by atoms with E-state index in [1.807, 2.05) is 6.08 Å². The summed E-state index contributed by atoms with van der Waals surface area (Å²) in [7, 11) is 4.75. The molecule has 31 heavy (non-hydrogen) atoms. The first-order chi connectivity index (χ1) is 14.9. The van der Waals surface area contributed by atoms with Gasteiger partial charge in [0.05, 0.1) is 36.7 Å². The molecule has 8 nitrogen and oxygen atoms in total. The molecule has 9 heteroatoms. The van der Waals surface area contributed by atoms with E-state index in [1.54, 1.807) is 56.8 Å². The van der Waals surface area contributed by atoms with Crippen molar-refractivity contribution in [3.05, 3.63) is 57.6 Å². The molecule has 0 bridgehead atoms. The molecule has 2 aromatic rings. The van der Waals surface area contributed by atoms with Gasteiger partial charge < -0.3 is 19.1 Å². The van der Waals surface area contributed by atoms with Crippen molar-refractivity contribution < 1.29 is 23.9 Å². The third-order valence-electron chi connectivity index (χ3n) is 5.15. The maximum absolute atomic E-state index is 12.9. The highest BCUT2D eigenvalue weighted by Crippen LogP contribution is 2.41. The SMILES string of the molecule is COc1cc(OC)c(C2=CCN(C(=O)c3ccc(SC)c([N+](=O)[O-])c3)CC2)c(OC)c1. The third kappa shape index (κ3) is 4.61. The van der Waals surface area contributed by atoms with Crippen LogP contribution >= 0.6 is 11.8 Å². The number of ether oxygens (including phenoxy) is 3. The number of methoxy groups -OCH3 is 3. The van der Waals surface area contributed by atoms with Crippen molar-refractivity contribution >= 4 is 28.9 Å². The van der Waals surface area contributed by atoms with E-state index in [-0.39, 0.29) is 11.6 Å². The van der Waals surface area contributed by atoms with Crippen LogP contribution < -0.4 is 14.2 Å². The molecular formula is C22H24N2O6S. The third-order valence-corrected chi connectivity index (χ3v) is 5.94. The van der Waals surface area contributed by atoms with Crippen molar-refractivity contribution in [3.63, 3.8) is 0 Å². The first-order valence-electron chi connectivity index (χ1n) is 9.54. The Bertz CT molecular complexity index is 1010. The fourth-order valence-electron chi connectivity index (χ4n) is 3.55. The number of nitrogens with zero attached hydrogens (tertiary/aromatic N) is 2. The van der Waals surface area contributed by atoms with Crippen LogP contribution in [-0.2, 0) is 0 Å². The number of amides is 1. The van der Waals surface area contributed by atoms with Gasteiger partial charge in [-0.3, -0.25) is 14.9 Å². The normalized spacial score (nSPS) is 13.4. The summed E-state index contributed by atoms with van der Waals surface area (Å²) in [5, 5.41) is 11.3. The van der Waals surface area contributed by atoms with E-state index >= 15 is 0 Å². The van der Waals surface area contributed by atoms with E-state index in [0.717, 1.165) is 11.1 Å². The second-order valence-electron chi connectivity index (χ2n) is 6.78. The largest absolute Gasteiger partial charge is 0.496 e. The molecule has 0 unspecified atom stereocenters. The van der Waals surface area contributed by atoms with Gasteiger partial charge in [0.1, 0.15) is 17.2 Å². The molecular weight excluding hydrogens is 420 g/mol. The smallest absolute Gasteiger partial charge is 0.283 e. The molecule has 1 aliphatic heterocycles. The van der Waals surface area contributed by atoms with E-state index in [2.05, 4.69) is 0 Å². The fourth-order valence-corrected chi connectivity index (χ4v) is 4.10. The summed E-state index contributed by atoms with van der Waals surface area (Å²) in [4.78, 5) is 26.0. The number of rotatable bonds is 7. The number of nitro groups is 1. The van der Waals surface area contributed by atoms with Crippen LogP contribution in [0.25, 0.3) is 5.57 Å². The first kappa shape index (κ1) is 22.5. The monoisotopic (exact) mass is 444 g/mol. The minimum atomic E-state index is -0.459. The lowest BCUT2D eigenvalue weighted by Gasteiger charge is -2.28. The van der Waals surface area contributed by atoms with Gasteiger partial charge in [-0.1, -0.05) is 6.08 Å². The lowest BCUT2D eigenvalue weighted by molar-refractivity contribution is -0.387. The van der Waals surface area contributed by atoms with Gasteiger partial charge in [-0.15, -0.1) is 11.8 Å². The number of hydrogen-bond donors (Lipinski definition) is 0. The van der Waals surface area contributed by atoms with Crippen LogP contribution in [-0.4, -0.2) is 56.4 Å². The number of benzene rings is 2. The molecule has 1 amide bonds. The van der Waals surface area contributed by atoms with Gasteiger partial charge in [0.15, 0.2) is 0 Å². The van der Waals surface area contributed by atoms with Crippen molar-refractivity contribution in [1.82, 2.24) is 4.90 Å².